The first-order chi connectivity index (χ1) is 52.3. The third-order valence-electron chi connectivity index (χ3n) is 21.2. The SMILES string of the molecule is CC1(C)OB(C2=CCC3(CC2)OCCO3)OC1(C)C.Cc1cc(Cl)nc(N)n1.Fc1ccccc1Br.Fc1ccccc1C1=CCC2(CC1)OCCO2.Fc1ccccc1C1CCCC2(CC1)OCCO2.O=CCC1(CCC(=O)c2ccccc2F)OCCO1.ON1CCC2(CCC1c1ccccc1F)OCCO2. The van der Waals surface area contributed by atoms with Gasteiger partial charge in [-0.2, -0.15) is 5.06 Å². The average molecular weight is 1600 g/mol. The molecule has 2 atom stereocenters. The zero-order chi connectivity index (χ0) is 77.7. The fraction of sp³-hybridized carbons (Fsp3) is 0.512. The number of anilines is 1. The van der Waals surface area contributed by atoms with Crippen LogP contribution in [0.1, 0.15) is 182 Å². The summed E-state index contributed by atoms with van der Waals surface area (Å²) in [6.45, 7) is 16.7. The van der Waals surface area contributed by atoms with E-state index in [-0.39, 0.29) is 95.8 Å². The first-order valence-electron chi connectivity index (χ1n) is 37.5. The summed E-state index contributed by atoms with van der Waals surface area (Å²) < 4.78 is 136. The van der Waals surface area contributed by atoms with Crippen molar-refractivity contribution in [3.63, 3.8) is 0 Å². The summed E-state index contributed by atoms with van der Waals surface area (Å²) in [5.74, 6) is -3.80. The van der Waals surface area contributed by atoms with Gasteiger partial charge in [-0.25, -0.2) is 31.9 Å². The molecule has 3 aliphatic carbocycles. The number of carbonyl (C=O) groups excluding carboxylic acids is 2. The van der Waals surface area contributed by atoms with Crippen molar-refractivity contribution in [2.24, 2.45) is 0 Å². The van der Waals surface area contributed by atoms with E-state index in [1.807, 2.05) is 37.3 Å². The molecule has 3 N–H and O–H groups in total. The fourth-order valence-corrected chi connectivity index (χ4v) is 15.1. The highest BCUT2D eigenvalue weighted by molar-refractivity contribution is 9.10. The molecule has 1 aromatic heterocycles. The number of carbonyl (C=O) groups is 2. The van der Waals surface area contributed by atoms with Gasteiger partial charge in [0.05, 0.1) is 99.8 Å². The Morgan fingerprint density at radius 3 is 1.59 bits per heavy atom. The van der Waals surface area contributed by atoms with Crippen LogP contribution in [0.25, 0.3) is 5.57 Å². The van der Waals surface area contributed by atoms with E-state index in [2.05, 4.69) is 59.7 Å². The molecule has 4 spiro atoms. The number of allylic oxidation sites excluding steroid dienone is 2. The van der Waals surface area contributed by atoms with Crippen LogP contribution in [0.5, 0.6) is 0 Å². The molecule has 27 heteroatoms. The van der Waals surface area contributed by atoms with Crippen molar-refractivity contribution in [2.75, 3.05) is 78.3 Å². The van der Waals surface area contributed by atoms with Gasteiger partial charge in [-0.05, 0) is 160 Å². The monoisotopic (exact) mass is 1600 g/mol. The predicted octanol–water partition coefficient (Wildman–Crippen LogP) is 17.4. The summed E-state index contributed by atoms with van der Waals surface area (Å²) >= 11 is 8.54. The fourth-order valence-electron chi connectivity index (χ4n) is 14.5. The first kappa shape index (κ1) is 85.2. The minimum atomic E-state index is -1.01. The highest BCUT2D eigenvalue weighted by Crippen LogP contribution is 2.45. The molecule has 1 saturated carbocycles. The molecule has 109 heavy (non-hydrogen) atoms. The number of hydrogen-bond donors (Lipinski definition) is 2. The molecule has 7 aliphatic heterocycles. The summed E-state index contributed by atoms with van der Waals surface area (Å²) in [5, 5.41) is 11.7. The normalized spacial score (nSPS) is 22.9. The zero-order valence-electron chi connectivity index (χ0n) is 62.6. The summed E-state index contributed by atoms with van der Waals surface area (Å²) in [6.07, 6.45) is 17.0. The molecule has 8 heterocycles. The van der Waals surface area contributed by atoms with Gasteiger partial charge in [-0.3, -0.25) is 4.79 Å². The van der Waals surface area contributed by atoms with Crippen LogP contribution in [0.4, 0.5) is 27.9 Å². The van der Waals surface area contributed by atoms with Crippen LogP contribution < -0.4 is 5.73 Å². The average Bonchev–Trinajstić information content (AvgIpc) is 1.62. The Bertz CT molecular complexity index is 3920. The summed E-state index contributed by atoms with van der Waals surface area (Å²) in [7, 11) is -0.219. The lowest BCUT2D eigenvalue weighted by Crippen LogP contribution is -2.41. The molecule has 590 valence electrons. The zero-order valence-corrected chi connectivity index (χ0v) is 65.0. The van der Waals surface area contributed by atoms with E-state index < -0.39 is 23.2 Å². The Labute approximate surface area is 649 Å². The molecule has 16 rings (SSSR count). The maximum absolute atomic E-state index is 13.8. The third kappa shape index (κ3) is 23.4. The van der Waals surface area contributed by atoms with Crippen LogP contribution in [-0.2, 0) is 61.5 Å². The number of aryl methyl sites for hydroxylation is 1. The van der Waals surface area contributed by atoms with Crippen molar-refractivity contribution in [1.29, 1.82) is 0 Å². The van der Waals surface area contributed by atoms with Crippen LogP contribution >= 0.6 is 27.5 Å². The van der Waals surface area contributed by atoms with Gasteiger partial charge in [0.2, 0.25) is 5.95 Å². The Hall–Kier alpha value is -6.28. The molecule has 0 bridgehead atoms. The van der Waals surface area contributed by atoms with Crippen molar-refractivity contribution < 1.29 is 93.4 Å². The van der Waals surface area contributed by atoms with E-state index in [0.29, 0.717) is 125 Å². The summed E-state index contributed by atoms with van der Waals surface area (Å²) in [5.41, 5.74) is 9.93. The maximum atomic E-state index is 13.8. The van der Waals surface area contributed by atoms with Crippen LogP contribution in [0, 0.1) is 36.0 Å². The number of hydroxylamine groups is 2. The van der Waals surface area contributed by atoms with Crippen LogP contribution in [0.3, 0.4) is 0 Å². The summed E-state index contributed by atoms with van der Waals surface area (Å²) in [4.78, 5) is 30.0. The lowest BCUT2D eigenvalue weighted by molar-refractivity contribution is -0.172. The second-order valence-corrected chi connectivity index (χ2v) is 30.3. The molecule has 2 unspecified atom stereocenters. The van der Waals surface area contributed by atoms with Crippen LogP contribution in [0.2, 0.25) is 5.15 Å². The van der Waals surface area contributed by atoms with Gasteiger partial charge in [0.1, 0.15) is 40.5 Å². The van der Waals surface area contributed by atoms with Gasteiger partial charge in [-0.1, -0.05) is 103 Å². The van der Waals surface area contributed by atoms with Gasteiger partial charge in [0, 0.05) is 87.6 Å². The number of aldehydes is 1. The highest BCUT2D eigenvalue weighted by Gasteiger charge is 2.54. The molecule has 5 aromatic carbocycles. The number of hydrogen-bond acceptors (Lipinski definition) is 19. The van der Waals surface area contributed by atoms with E-state index >= 15 is 0 Å². The van der Waals surface area contributed by atoms with Crippen molar-refractivity contribution >= 4 is 58.2 Å². The Morgan fingerprint density at radius 2 is 1.08 bits per heavy atom. The Balaban J connectivity index is 0.000000138. The number of aromatic nitrogens is 2. The van der Waals surface area contributed by atoms with Crippen molar-refractivity contribution in [3.05, 3.63) is 212 Å². The molecule has 6 aromatic rings. The Kier molecular flexibility index (Phi) is 30.8. The molecular formula is C82H100BBrClF5N4O15. The standard InChI is InChI=1S/C15H19FO2.C14H23BO4.C14H18FNO3.C14H15FO4.C14H15FO2.C6H4BrF.C5H6ClN3/c16-14-6-2-1-5-13(14)12-4-3-8-15(9-7-12)17-10-11-18-15;1-12(2)13(3,4)19-15(18-12)11-5-7-14(8-6-11)16-9-10-17-14;15-12-4-2-1-3-11(12)13-5-6-14(7-8-16(13)17)18-9-10-19-14;15-12-4-2-1-3-11(12)13(17)5-6-14(7-8-16)18-9-10-19-14;15-13-4-2-1-3-12(13)11-5-7-14(8-6-11)16-9-10-17-14;7-5-3-1-2-4-6(5)8;1-3-2-4(6)9-5(7)8-3/h1-2,5-6,12H,3-4,7-11H2;5H,6-10H2,1-4H3;1-4,13,17H,5-10H2;1-4,8H,5-7,9-10H2;1-5H,6-10H2;1-4H;2H,1H3,(H2,7,8,9). The van der Waals surface area contributed by atoms with E-state index in [1.54, 1.807) is 66.7 Å². The second-order valence-electron chi connectivity index (χ2n) is 29.0. The van der Waals surface area contributed by atoms with Crippen molar-refractivity contribution in [1.82, 2.24) is 15.0 Å². The molecule has 7 saturated heterocycles. The van der Waals surface area contributed by atoms with Gasteiger partial charge in [0.25, 0.3) is 0 Å². The molecular weight excluding hydrogens is 1500 g/mol. The van der Waals surface area contributed by atoms with Gasteiger partial charge < -0.3 is 72.4 Å². The van der Waals surface area contributed by atoms with Crippen LogP contribution in [0.15, 0.2) is 149 Å². The van der Waals surface area contributed by atoms with Gasteiger partial charge in [-0.15, -0.1) is 0 Å². The van der Waals surface area contributed by atoms with Gasteiger partial charge >= 0.3 is 7.12 Å². The smallest absolute Gasteiger partial charge is 0.400 e. The Morgan fingerprint density at radius 1 is 0.587 bits per heavy atom. The van der Waals surface area contributed by atoms with E-state index in [9.17, 15) is 36.7 Å². The number of nitrogens with zero attached hydrogens (tertiary/aromatic N) is 3. The number of halogens is 7. The van der Waals surface area contributed by atoms with E-state index in [1.165, 1.54) is 46.9 Å². The maximum Gasteiger partial charge on any atom is 0.490 e. The lowest BCUT2D eigenvalue weighted by atomic mass is 9.71. The van der Waals surface area contributed by atoms with E-state index in [4.69, 9.17) is 74.0 Å². The van der Waals surface area contributed by atoms with Crippen molar-refractivity contribution in [3.8, 4) is 0 Å². The second kappa shape index (κ2) is 39.5. The van der Waals surface area contributed by atoms with Gasteiger partial charge in [0.15, 0.2) is 34.7 Å². The number of nitrogen functional groups attached to an aromatic ring is 1. The minimum Gasteiger partial charge on any atom is -0.400 e. The first-order valence-corrected chi connectivity index (χ1v) is 38.7. The highest BCUT2D eigenvalue weighted by atomic mass is 79.9. The quantitative estimate of drug-likeness (QED) is 0.0428. The summed E-state index contributed by atoms with van der Waals surface area (Å²) in [6, 6.07) is 34.3. The molecule has 10 aliphatic rings. The third-order valence-corrected chi connectivity index (χ3v) is 22.0. The number of nitrogens with two attached hydrogens (primary N) is 1. The molecule has 0 radical (unpaired) electrons. The van der Waals surface area contributed by atoms with E-state index in [0.717, 1.165) is 87.5 Å². The number of ether oxygens (including phenoxy) is 10. The predicted molar refractivity (Wildman–Crippen MR) is 404 cm³/mol. The molecule has 19 nitrogen and oxygen atoms in total. The number of rotatable bonds is 10. The topological polar surface area (TPSA) is 220 Å². The molecule has 8 fully saturated rings. The lowest BCUT2D eigenvalue weighted by Gasteiger charge is -2.32. The van der Waals surface area contributed by atoms with Crippen LogP contribution in [-0.4, -0.2) is 152 Å². The number of Topliss-reactive ketones (excluding diaryl/α,β-unsaturated/α-hetero) is 1. The van der Waals surface area contributed by atoms with Crippen molar-refractivity contribution in [2.45, 2.75) is 196 Å². The minimum absolute atomic E-state index is 0.0572. The number of ketones is 1. The number of benzene rings is 5. The molecule has 0 amide bonds. The largest absolute Gasteiger partial charge is 0.490 e.